The van der Waals surface area contributed by atoms with Crippen molar-refractivity contribution in [1.29, 1.82) is 0 Å². The van der Waals surface area contributed by atoms with Crippen LogP contribution in [0.25, 0.3) is 0 Å². The van der Waals surface area contributed by atoms with Gasteiger partial charge in [-0.1, -0.05) is 24.3 Å². The number of esters is 1. The Morgan fingerprint density at radius 1 is 1.19 bits per heavy atom. The van der Waals surface area contributed by atoms with E-state index < -0.39 is 18.3 Å². The highest BCUT2D eigenvalue weighted by Crippen LogP contribution is 2.25. The molecular formula is C15H23BO5. The fourth-order valence-corrected chi connectivity index (χ4v) is 1.53. The molecule has 1 aromatic carbocycles. The first kappa shape index (κ1) is 17.7. The number of rotatable bonds is 6. The largest absolute Gasteiger partial charge is 0.491 e. The van der Waals surface area contributed by atoms with Gasteiger partial charge in [0.2, 0.25) is 0 Å². The Morgan fingerprint density at radius 2 is 1.71 bits per heavy atom. The molecule has 21 heavy (non-hydrogen) atoms. The van der Waals surface area contributed by atoms with E-state index >= 15 is 0 Å². The average molecular weight is 294 g/mol. The topological polar surface area (TPSA) is 76.0 Å². The maximum atomic E-state index is 11.2. The van der Waals surface area contributed by atoms with E-state index in [0.717, 1.165) is 5.56 Å². The molecule has 5 nitrogen and oxygen atoms in total. The minimum absolute atomic E-state index is 0.183. The summed E-state index contributed by atoms with van der Waals surface area (Å²) in [7, 11) is 0.186. The van der Waals surface area contributed by atoms with Crippen LogP contribution in [0.5, 0.6) is 0 Å². The van der Waals surface area contributed by atoms with Gasteiger partial charge in [-0.05, 0) is 38.7 Å². The molecule has 0 atom stereocenters. The van der Waals surface area contributed by atoms with Gasteiger partial charge in [0.15, 0.2) is 0 Å². The standard InChI is InChI=1S/C15H23BO5/c1-14(2,18)15(3,4)21-16(19)12-8-6-11(7-9-12)10-13(17)20-5/h6-9,18-19H,10H2,1-5H3. The quantitative estimate of drug-likeness (QED) is 0.595. The Labute approximate surface area is 126 Å². The van der Waals surface area contributed by atoms with Gasteiger partial charge in [-0.2, -0.15) is 0 Å². The van der Waals surface area contributed by atoms with Gasteiger partial charge in [0, 0.05) is 0 Å². The van der Waals surface area contributed by atoms with Crippen molar-refractivity contribution in [1.82, 2.24) is 0 Å². The van der Waals surface area contributed by atoms with Crippen molar-refractivity contribution in [2.24, 2.45) is 0 Å². The van der Waals surface area contributed by atoms with Crippen molar-refractivity contribution in [3.63, 3.8) is 0 Å². The Bertz CT molecular complexity index is 476. The molecule has 0 unspecified atom stereocenters. The molecule has 0 amide bonds. The van der Waals surface area contributed by atoms with E-state index in [4.69, 9.17) is 4.65 Å². The summed E-state index contributed by atoms with van der Waals surface area (Å²) >= 11 is 0. The molecule has 2 N–H and O–H groups in total. The van der Waals surface area contributed by atoms with Crippen LogP contribution in [0.1, 0.15) is 33.3 Å². The minimum Gasteiger partial charge on any atom is -0.469 e. The Kier molecular flexibility index (Phi) is 5.56. The van der Waals surface area contributed by atoms with E-state index in [2.05, 4.69) is 4.74 Å². The van der Waals surface area contributed by atoms with Crippen LogP contribution in [-0.4, -0.2) is 41.5 Å². The van der Waals surface area contributed by atoms with Crippen LogP contribution >= 0.6 is 0 Å². The van der Waals surface area contributed by atoms with E-state index in [1.54, 1.807) is 52.0 Å². The van der Waals surface area contributed by atoms with Gasteiger partial charge in [0.1, 0.15) is 0 Å². The number of aliphatic hydroxyl groups is 1. The SMILES string of the molecule is COC(=O)Cc1ccc(B(O)OC(C)(C)C(C)(C)O)cc1. The molecular weight excluding hydrogens is 271 g/mol. The normalized spacial score (nSPS) is 12.1. The second-order valence-corrected chi connectivity index (χ2v) is 6.03. The number of ether oxygens (including phenoxy) is 1. The molecule has 0 saturated heterocycles. The number of methoxy groups -OCH3 is 1. The molecule has 0 fully saturated rings. The first-order valence-corrected chi connectivity index (χ1v) is 6.81. The zero-order chi connectivity index (χ0) is 16.3. The van der Waals surface area contributed by atoms with Gasteiger partial charge >= 0.3 is 13.1 Å². The highest BCUT2D eigenvalue weighted by Gasteiger charge is 2.39. The molecule has 0 aliphatic carbocycles. The summed E-state index contributed by atoms with van der Waals surface area (Å²) in [4.78, 5) is 11.2. The smallest absolute Gasteiger partial charge is 0.469 e. The highest BCUT2D eigenvalue weighted by atomic mass is 16.5. The predicted octanol–water partition coefficient (Wildman–Crippen LogP) is 0.656. The van der Waals surface area contributed by atoms with E-state index in [1.807, 2.05) is 0 Å². The molecule has 1 rings (SSSR count). The molecule has 0 saturated carbocycles. The van der Waals surface area contributed by atoms with Crippen molar-refractivity contribution in [2.45, 2.75) is 45.3 Å². The third kappa shape index (κ3) is 4.84. The van der Waals surface area contributed by atoms with Crippen LogP contribution in [-0.2, 0) is 20.6 Å². The molecule has 0 aromatic heterocycles. The summed E-state index contributed by atoms with van der Waals surface area (Å²) < 4.78 is 10.1. The molecule has 6 heteroatoms. The van der Waals surface area contributed by atoms with Crippen LogP contribution in [0, 0.1) is 0 Å². The zero-order valence-electron chi connectivity index (χ0n) is 13.2. The van der Waals surface area contributed by atoms with Crippen molar-refractivity contribution in [3.05, 3.63) is 29.8 Å². The first-order valence-electron chi connectivity index (χ1n) is 6.81. The lowest BCUT2D eigenvalue weighted by Gasteiger charge is -2.38. The summed E-state index contributed by atoms with van der Waals surface area (Å²) in [6, 6.07) is 6.83. The van der Waals surface area contributed by atoms with Crippen molar-refractivity contribution >= 4 is 18.6 Å². The Hall–Kier alpha value is -1.37. The second kappa shape index (κ2) is 6.60. The number of carbonyl (C=O) groups is 1. The van der Waals surface area contributed by atoms with Gasteiger partial charge in [0.25, 0.3) is 0 Å². The van der Waals surface area contributed by atoms with Crippen LogP contribution < -0.4 is 5.46 Å². The molecule has 0 heterocycles. The molecule has 0 aliphatic rings. The fraction of sp³-hybridized carbons (Fsp3) is 0.533. The minimum atomic E-state index is -1.15. The number of benzene rings is 1. The Morgan fingerprint density at radius 3 is 2.14 bits per heavy atom. The van der Waals surface area contributed by atoms with Crippen molar-refractivity contribution in [2.75, 3.05) is 7.11 Å². The van der Waals surface area contributed by atoms with Crippen molar-refractivity contribution in [3.8, 4) is 0 Å². The van der Waals surface area contributed by atoms with Gasteiger partial charge in [0.05, 0.1) is 24.7 Å². The summed E-state index contributed by atoms with van der Waals surface area (Å²) in [5.41, 5.74) is -0.670. The summed E-state index contributed by atoms with van der Waals surface area (Å²) in [6.07, 6.45) is 0.183. The zero-order valence-corrected chi connectivity index (χ0v) is 13.2. The van der Waals surface area contributed by atoms with Gasteiger partial charge in [-0.25, -0.2) is 0 Å². The lowest BCUT2D eigenvalue weighted by atomic mass is 9.76. The molecule has 0 bridgehead atoms. The van der Waals surface area contributed by atoms with Crippen LogP contribution in [0.4, 0.5) is 0 Å². The summed E-state index contributed by atoms with van der Waals surface area (Å²) in [5.74, 6) is -0.317. The maximum absolute atomic E-state index is 11.2. The third-order valence-corrected chi connectivity index (χ3v) is 3.72. The summed E-state index contributed by atoms with van der Waals surface area (Å²) in [6.45, 7) is 6.67. The number of hydrogen-bond donors (Lipinski definition) is 2. The van der Waals surface area contributed by atoms with Gasteiger partial charge in [-0.3, -0.25) is 4.79 Å². The fourth-order valence-electron chi connectivity index (χ4n) is 1.53. The molecule has 116 valence electrons. The lowest BCUT2D eigenvalue weighted by Crippen LogP contribution is -2.53. The monoisotopic (exact) mass is 294 g/mol. The molecule has 0 aliphatic heterocycles. The van der Waals surface area contributed by atoms with Crippen LogP contribution in [0.3, 0.4) is 0 Å². The van der Waals surface area contributed by atoms with E-state index in [9.17, 15) is 14.9 Å². The highest BCUT2D eigenvalue weighted by molar-refractivity contribution is 6.60. The van der Waals surface area contributed by atoms with Crippen molar-refractivity contribution < 1.29 is 24.3 Å². The second-order valence-electron chi connectivity index (χ2n) is 6.03. The lowest BCUT2D eigenvalue weighted by molar-refractivity contribution is -0.139. The predicted molar refractivity (Wildman–Crippen MR) is 81.2 cm³/mol. The number of hydrogen-bond acceptors (Lipinski definition) is 5. The molecule has 1 aromatic rings. The molecule has 0 radical (unpaired) electrons. The van der Waals surface area contributed by atoms with Crippen LogP contribution in [0.15, 0.2) is 24.3 Å². The maximum Gasteiger partial charge on any atom is 0.491 e. The van der Waals surface area contributed by atoms with E-state index in [-0.39, 0.29) is 12.4 Å². The first-order chi connectivity index (χ1) is 9.56. The summed E-state index contributed by atoms with van der Waals surface area (Å²) in [5, 5.41) is 20.1. The van der Waals surface area contributed by atoms with Gasteiger partial charge < -0.3 is 19.5 Å². The van der Waals surface area contributed by atoms with Crippen LogP contribution in [0.2, 0.25) is 0 Å². The van der Waals surface area contributed by atoms with Gasteiger partial charge in [-0.15, -0.1) is 0 Å². The Balaban J connectivity index is 2.76. The number of carbonyl (C=O) groups excluding carboxylic acids is 1. The van der Waals surface area contributed by atoms with E-state index in [1.165, 1.54) is 7.11 Å². The third-order valence-electron chi connectivity index (χ3n) is 3.72. The molecule has 0 spiro atoms. The van der Waals surface area contributed by atoms with E-state index in [0.29, 0.717) is 5.46 Å². The average Bonchev–Trinajstić information content (AvgIpc) is 2.37.